The van der Waals surface area contributed by atoms with E-state index in [0.717, 1.165) is 17.9 Å². The van der Waals surface area contributed by atoms with Gasteiger partial charge in [-0.3, -0.25) is 5.32 Å². The summed E-state index contributed by atoms with van der Waals surface area (Å²) in [6.07, 6.45) is 0.741. The van der Waals surface area contributed by atoms with Gasteiger partial charge < -0.3 is 0 Å². The molecule has 0 aromatic heterocycles. The molecule has 0 saturated heterocycles. The van der Waals surface area contributed by atoms with Gasteiger partial charge in [0.15, 0.2) is 0 Å². The zero-order valence-corrected chi connectivity index (χ0v) is 13.7. The molecule has 0 spiro atoms. The predicted molar refractivity (Wildman–Crippen MR) is 84.1 cm³/mol. The van der Waals surface area contributed by atoms with Crippen LogP contribution in [0.4, 0.5) is 0 Å². The first-order valence-corrected chi connectivity index (χ1v) is 7.81. The zero-order chi connectivity index (χ0) is 14.5. The van der Waals surface area contributed by atoms with E-state index in [4.69, 9.17) is 23.2 Å². The fraction of sp³-hybridized carbons (Fsp3) is 0.500. The van der Waals surface area contributed by atoms with Crippen LogP contribution in [0.3, 0.4) is 0 Å². The minimum absolute atomic E-state index is 0.264. The summed E-state index contributed by atoms with van der Waals surface area (Å²) in [5.41, 5.74) is -0.508. The molecule has 5 heteroatoms. The number of thioether (sulfide) groups is 1. The van der Waals surface area contributed by atoms with Crippen LogP contribution >= 0.6 is 35.0 Å². The molecule has 0 radical (unpaired) electrons. The van der Waals surface area contributed by atoms with Gasteiger partial charge in [0.25, 0.3) is 0 Å². The molecule has 1 rings (SSSR count). The third kappa shape index (κ3) is 5.24. The molecule has 0 aliphatic rings. The van der Waals surface area contributed by atoms with Gasteiger partial charge in [-0.15, -0.1) is 11.8 Å². The van der Waals surface area contributed by atoms with E-state index in [-0.39, 0.29) is 5.25 Å². The Morgan fingerprint density at radius 1 is 1.47 bits per heavy atom. The molecule has 0 saturated carbocycles. The number of rotatable bonds is 6. The average Bonchev–Trinajstić information content (AvgIpc) is 2.34. The van der Waals surface area contributed by atoms with Gasteiger partial charge in [-0.05, 0) is 38.1 Å². The first kappa shape index (κ1) is 16.7. The van der Waals surface area contributed by atoms with Crippen LogP contribution < -0.4 is 5.32 Å². The molecular formula is C14H18Cl2N2S. The highest BCUT2D eigenvalue weighted by atomic mass is 35.5. The van der Waals surface area contributed by atoms with E-state index >= 15 is 0 Å². The second-order valence-electron chi connectivity index (χ2n) is 4.68. The second-order valence-corrected chi connectivity index (χ2v) is 7.01. The van der Waals surface area contributed by atoms with Gasteiger partial charge in [-0.2, -0.15) is 5.26 Å². The van der Waals surface area contributed by atoms with Gasteiger partial charge in [-0.25, -0.2) is 0 Å². The van der Waals surface area contributed by atoms with Crippen molar-refractivity contribution in [3.63, 3.8) is 0 Å². The molecule has 0 aliphatic carbocycles. The monoisotopic (exact) mass is 316 g/mol. The van der Waals surface area contributed by atoms with Crippen molar-refractivity contribution in [2.45, 2.75) is 42.9 Å². The number of hydrogen-bond acceptors (Lipinski definition) is 3. The SMILES string of the molecule is CCNC(C)(C#N)CC(C)Sc1cc(Cl)ccc1Cl. The summed E-state index contributed by atoms with van der Waals surface area (Å²) in [7, 11) is 0. The van der Waals surface area contributed by atoms with Crippen molar-refractivity contribution >= 4 is 35.0 Å². The molecule has 1 N–H and O–H groups in total. The summed E-state index contributed by atoms with van der Waals surface area (Å²) in [4.78, 5) is 0.957. The number of nitrogens with one attached hydrogen (secondary N) is 1. The number of halogens is 2. The second kappa shape index (κ2) is 7.40. The van der Waals surface area contributed by atoms with Gasteiger partial charge in [0.05, 0.1) is 11.1 Å². The Bertz CT molecular complexity index is 473. The Hall–Kier alpha value is -0.400. The molecule has 1 aromatic rings. The Balaban J connectivity index is 2.72. The Kier molecular flexibility index (Phi) is 6.49. The van der Waals surface area contributed by atoms with Crippen molar-refractivity contribution < 1.29 is 0 Å². The fourth-order valence-corrected chi connectivity index (χ4v) is 3.66. The Morgan fingerprint density at radius 2 is 2.16 bits per heavy atom. The molecule has 2 nitrogen and oxygen atoms in total. The van der Waals surface area contributed by atoms with Crippen molar-refractivity contribution in [1.82, 2.24) is 5.32 Å². The summed E-state index contributed by atoms with van der Waals surface area (Å²) in [6.45, 7) is 6.79. The van der Waals surface area contributed by atoms with Crippen LogP contribution in [0.25, 0.3) is 0 Å². The highest BCUT2D eigenvalue weighted by Gasteiger charge is 2.25. The molecule has 0 heterocycles. The maximum absolute atomic E-state index is 9.26. The van der Waals surface area contributed by atoms with Crippen LogP contribution in [0.2, 0.25) is 10.0 Å². The molecule has 0 bridgehead atoms. The van der Waals surface area contributed by atoms with E-state index in [0.29, 0.717) is 10.0 Å². The maximum Gasteiger partial charge on any atom is 0.104 e. The van der Waals surface area contributed by atoms with E-state index in [2.05, 4.69) is 18.3 Å². The summed E-state index contributed by atoms with van der Waals surface area (Å²) >= 11 is 13.8. The smallest absolute Gasteiger partial charge is 0.104 e. The number of nitriles is 1. The van der Waals surface area contributed by atoms with Crippen molar-refractivity contribution in [2.75, 3.05) is 6.54 Å². The van der Waals surface area contributed by atoms with Crippen LogP contribution in [0.5, 0.6) is 0 Å². The lowest BCUT2D eigenvalue weighted by atomic mass is 9.98. The number of nitrogens with zero attached hydrogens (tertiary/aromatic N) is 1. The van der Waals surface area contributed by atoms with Gasteiger partial charge in [0.1, 0.15) is 5.54 Å². The lowest BCUT2D eigenvalue weighted by molar-refractivity contribution is 0.429. The first-order chi connectivity index (χ1) is 8.90. The van der Waals surface area contributed by atoms with Crippen molar-refractivity contribution in [2.24, 2.45) is 0 Å². The summed E-state index contributed by atoms with van der Waals surface area (Å²) < 4.78 is 0. The van der Waals surface area contributed by atoms with Crippen LogP contribution in [0, 0.1) is 11.3 Å². The number of hydrogen-bond donors (Lipinski definition) is 1. The van der Waals surface area contributed by atoms with E-state index in [1.165, 1.54) is 0 Å². The minimum atomic E-state index is -0.508. The molecule has 0 amide bonds. The lowest BCUT2D eigenvalue weighted by Gasteiger charge is -2.26. The van der Waals surface area contributed by atoms with Crippen LogP contribution in [-0.4, -0.2) is 17.3 Å². The largest absolute Gasteiger partial charge is 0.300 e. The standard InChI is InChI=1S/C14H18Cl2N2S/c1-4-18-14(3,9-17)8-10(2)19-13-7-11(15)5-6-12(13)16/h5-7,10,18H,4,8H2,1-3H3. The van der Waals surface area contributed by atoms with Gasteiger partial charge in [-0.1, -0.05) is 37.0 Å². The quantitative estimate of drug-likeness (QED) is 0.769. The third-order valence-corrected chi connectivity index (χ3v) is 4.57. The zero-order valence-electron chi connectivity index (χ0n) is 11.3. The van der Waals surface area contributed by atoms with E-state index < -0.39 is 5.54 Å². The summed E-state index contributed by atoms with van der Waals surface area (Å²) in [5, 5.41) is 14.1. The normalized spacial score (nSPS) is 15.6. The fourth-order valence-electron chi connectivity index (χ4n) is 1.95. The van der Waals surface area contributed by atoms with Gasteiger partial charge >= 0.3 is 0 Å². The topological polar surface area (TPSA) is 35.8 Å². The molecule has 1 aromatic carbocycles. The van der Waals surface area contributed by atoms with Crippen LogP contribution in [0.15, 0.2) is 23.1 Å². The van der Waals surface area contributed by atoms with Crippen molar-refractivity contribution in [3.05, 3.63) is 28.2 Å². The third-order valence-electron chi connectivity index (χ3n) is 2.73. The van der Waals surface area contributed by atoms with Gasteiger partial charge in [0, 0.05) is 15.2 Å². The maximum atomic E-state index is 9.26. The highest BCUT2D eigenvalue weighted by Crippen LogP contribution is 2.35. The first-order valence-electron chi connectivity index (χ1n) is 6.18. The van der Waals surface area contributed by atoms with Crippen LogP contribution in [0.1, 0.15) is 27.2 Å². The molecule has 0 fully saturated rings. The molecule has 19 heavy (non-hydrogen) atoms. The lowest BCUT2D eigenvalue weighted by Crippen LogP contribution is -2.42. The summed E-state index contributed by atoms with van der Waals surface area (Å²) in [5.74, 6) is 0. The molecule has 2 atom stereocenters. The molecule has 2 unspecified atom stereocenters. The minimum Gasteiger partial charge on any atom is -0.300 e. The Morgan fingerprint density at radius 3 is 2.74 bits per heavy atom. The summed E-state index contributed by atoms with van der Waals surface area (Å²) in [6, 6.07) is 7.77. The van der Waals surface area contributed by atoms with E-state index in [9.17, 15) is 5.26 Å². The molecular weight excluding hydrogens is 299 g/mol. The van der Waals surface area contributed by atoms with E-state index in [1.54, 1.807) is 23.9 Å². The predicted octanol–water partition coefficient (Wildman–Crippen LogP) is 4.76. The number of benzene rings is 1. The Labute approximate surface area is 129 Å². The van der Waals surface area contributed by atoms with Crippen molar-refractivity contribution in [3.8, 4) is 6.07 Å². The molecule has 104 valence electrons. The molecule has 0 aliphatic heterocycles. The average molecular weight is 317 g/mol. The van der Waals surface area contributed by atoms with Gasteiger partial charge in [0.2, 0.25) is 0 Å². The highest BCUT2D eigenvalue weighted by molar-refractivity contribution is 8.00. The van der Waals surface area contributed by atoms with E-state index in [1.807, 2.05) is 19.9 Å². The van der Waals surface area contributed by atoms with Crippen molar-refractivity contribution in [1.29, 1.82) is 5.26 Å². The van der Waals surface area contributed by atoms with Crippen LogP contribution in [-0.2, 0) is 0 Å².